The highest BCUT2D eigenvalue weighted by Gasteiger charge is 2.18. The molecule has 0 aliphatic rings. The molecule has 4 aromatic rings. The Morgan fingerprint density at radius 3 is 2.50 bits per heavy atom. The van der Waals surface area contributed by atoms with Crippen LogP contribution < -0.4 is 5.56 Å². The topological polar surface area (TPSA) is 50.2 Å². The van der Waals surface area contributed by atoms with Crippen LogP contribution in [-0.2, 0) is 6.42 Å². The van der Waals surface area contributed by atoms with Crippen LogP contribution in [0.3, 0.4) is 0 Å². The lowest BCUT2D eigenvalue weighted by atomic mass is 10.1. The summed E-state index contributed by atoms with van der Waals surface area (Å²) < 4.78 is 2.02. The summed E-state index contributed by atoms with van der Waals surface area (Å²) >= 11 is 0. The number of hydrogen-bond donors (Lipinski definition) is 1. The summed E-state index contributed by atoms with van der Waals surface area (Å²) in [5.74, 6) is 1.39. The molecular weight excluding hydrogens is 298 g/mol. The predicted octanol–water partition coefficient (Wildman–Crippen LogP) is 4.04. The minimum absolute atomic E-state index is 0.102. The first-order chi connectivity index (χ1) is 11.6. The molecule has 0 atom stereocenters. The molecule has 0 spiro atoms. The molecule has 0 unspecified atom stereocenters. The maximum absolute atomic E-state index is 12.8. The van der Waals surface area contributed by atoms with Crippen molar-refractivity contribution >= 4 is 16.6 Å². The van der Waals surface area contributed by atoms with Crippen LogP contribution in [0.2, 0.25) is 0 Å². The third-order valence-corrected chi connectivity index (χ3v) is 4.19. The first-order valence-electron chi connectivity index (χ1n) is 8.23. The second-order valence-electron chi connectivity index (χ2n) is 6.50. The van der Waals surface area contributed by atoms with Gasteiger partial charge in [-0.1, -0.05) is 56.3 Å². The number of rotatable bonds is 3. The molecule has 0 fully saturated rings. The van der Waals surface area contributed by atoms with E-state index in [-0.39, 0.29) is 5.56 Å². The molecule has 4 rings (SSSR count). The first-order valence-corrected chi connectivity index (χ1v) is 8.23. The molecule has 0 amide bonds. The Labute approximate surface area is 139 Å². The Morgan fingerprint density at radius 2 is 1.75 bits per heavy atom. The van der Waals surface area contributed by atoms with Crippen molar-refractivity contribution in [2.24, 2.45) is 5.92 Å². The second kappa shape index (κ2) is 5.64. The summed E-state index contributed by atoms with van der Waals surface area (Å²) in [7, 11) is 0. The van der Waals surface area contributed by atoms with E-state index in [2.05, 4.69) is 18.8 Å². The number of nitrogens with zero attached hydrogens (tertiary/aromatic N) is 2. The number of H-pyrrole nitrogens is 1. The quantitative estimate of drug-likeness (QED) is 0.620. The van der Waals surface area contributed by atoms with E-state index in [0.29, 0.717) is 11.4 Å². The van der Waals surface area contributed by atoms with Gasteiger partial charge >= 0.3 is 0 Å². The van der Waals surface area contributed by atoms with Crippen LogP contribution in [0.15, 0.2) is 59.4 Å². The Morgan fingerprint density at radius 1 is 1.04 bits per heavy atom. The van der Waals surface area contributed by atoms with E-state index >= 15 is 0 Å². The average molecular weight is 317 g/mol. The number of fused-ring (bicyclic) bond motifs is 3. The van der Waals surface area contributed by atoms with Gasteiger partial charge in [0.15, 0.2) is 0 Å². The number of aromatic amines is 1. The lowest BCUT2D eigenvalue weighted by Gasteiger charge is -2.07. The smallest absolute Gasteiger partial charge is 0.275 e. The predicted molar refractivity (Wildman–Crippen MR) is 97.3 cm³/mol. The molecule has 1 N–H and O–H groups in total. The lowest BCUT2D eigenvalue weighted by Crippen LogP contribution is -2.12. The summed E-state index contributed by atoms with van der Waals surface area (Å²) in [6, 6.07) is 17.8. The molecule has 0 bridgehead atoms. The van der Waals surface area contributed by atoms with E-state index in [4.69, 9.17) is 4.98 Å². The SMILES string of the molecule is CC(C)Cc1nc(-c2ccccc2)c2c(=O)[nH]c3ccccc3n12. The van der Waals surface area contributed by atoms with Crippen LogP contribution in [-0.4, -0.2) is 14.4 Å². The van der Waals surface area contributed by atoms with Crippen molar-refractivity contribution < 1.29 is 0 Å². The van der Waals surface area contributed by atoms with Gasteiger partial charge in [-0.05, 0) is 18.1 Å². The number of benzene rings is 2. The van der Waals surface area contributed by atoms with Crippen LogP contribution in [0, 0.1) is 5.92 Å². The fraction of sp³-hybridized carbons (Fsp3) is 0.200. The summed E-state index contributed by atoms with van der Waals surface area (Å²) in [4.78, 5) is 20.6. The monoisotopic (exact) mass is 317 g/mol. The van der Waals surface area contributed by atoms with Crippen molar-refractivity contribution in [2.75, 3.05) is 0 Å². The van der Waals surface area contributed by atoms with E-state index in [1.807, 2.05) is 59.0 Å². The number of hydrogen-bond acceptors (Lipinski definition) is 2. The number of nitrogens with one attached hydrogen (secondary N) is 1. The van der Waals surface area contributed by atoms with E-state index < -0.39 is 0 Å². The largest absolute Gasteiger partial charge is 0.319 e. The van der Waals surface area contributed by atoms with Gasteiger partial charge in [-0.2, -0.15) is 0 Å². The molecule has 0 aliphatic heterocycles. The third kappa shape index (κ3) is 2.31. The molecule has 0 saturated carbocycles. The number of imidazole rings is 1. The van der Waals surface area contributed by atoms with Crippen LogP contribution in [0.5, 0.6) is 0 Å². The standard InChI is InChI=1S/C20H19N3O/c1-13(2)12-17-22-18(14-8-4-3-5-9-14)19-20(24)21-15-10-6-7-11-16(15)23(17)19/h3-11,13H,12H2,1-2H3,(H,21,24). The van der Waals surface area contributed by atoms with Crippen LogP contribution in [0.4, 0.5) is 0 Å². The van der Waals surface area contributed by atoms with E-state index in [9.17, 15) is 4.79 Å². The highest BCUT2D eigenvalue weighted by Crippen LogP contribution is 2.26. The van der Waals surface area contributed by atoms with Gasteiger partial charge in [0, 0.05) is 12.0 Å². The number of para-hydroxylation sites is 2. The lowest BCUT2D eigenvalue weighted by molar-refractivity contribution is 0.621. The maximum Gasteiger partial charge on any atom is 0.275 e. The molecule has 0 aliphatic carbocycles. The van der Waals surface area contributed by atoms with Gasteiger partial charge in [-0.25, -0.2) is 4.98 Å². The van der Waals surface area contributed by atoms with Crippen molar-refractivity contribution in [3.63, 3.8) is 0 Å². The molecule has 0 radical (unpaired) electrons. The Kier molecular flexibility index (Phi) is 3.45. The van der Waals surface area contributed by atoms with Gasteiger partial charge in [0.2, 0.25) is 0 Å². The molecule has 4 nitrogen and oxygen atoms in total. The Hall–Kier alpha value is -2.88. The Balaban J connectivity index is 2.16. The van der Waals surface area contributed by atoms with E-state index in [1.165, 1.54) is 0 Å². The molecule has 120 valence electrons. The first kappa shape index (κ1) is 14.7. The van der Waals surface area contributed by atoms with Crippen LogP contribution >= 0.6 is 0 Å². The highest BCUT2D eigenvalue weighted by atomic mass is 16.1. The van der Waals surface area contributed by atoms with Crippen molar-refractivity contribution in [1.82, 2.24) is 14.4 Å². The summed E-state index contributed by atoms with van der Waals surface area (Å²) in [5, 5.41) is 0. The zero-order valence-electron chi connectivity index (χ0n) is 13.8. The van der Waals surface area contributed by atoms with Crippen LogP contribution in [0.1, 0.15) is 19.7 Å². The van der Waals surface area contributed by atoms with Crippen molar-refractivity contribution in [3.05, 3.63) is 70.8 Å². The zero-order chi connectivity index (χ0) is 16.7. The van der Waals surface area contributed by atoms with Gasteiger partial charge in [-0.15, -0.1) is 0 Å². The fourth-order valence-electron chi connectivity index (χ4n) is 3.19. The van der Waals surface area contributed by atoms with Gasteiger partial charge in [0.25, 0.3) is 5.56 Å². The molecule has 2 aromatic heterocycles. The zero-order valence-corrected chi connectivity index (χ0v) is 13.8. The molecule has 2 aromatic carbocycles. The van der Waals surface area contributed by atoms with Crippen molar-refractivity contribution in [1.29, 1.82) is 0 Å². The molecule has 4 heteroatoms. The van der Waals surface area contributed by atoms with Gasteiger partial charge in [-0.3, -0.25) is 9.20 Å². The number of aromatic nitrogens is 3. The summed E-state index contributed by atoms with van der Waals surface area (Å²) in [6.45, 7) is 4.33. The summed E-state index contributed by atoms with van der Waals surface area (Å²) in [6.07, 6.45) is 0.821. The van der Waals surface area contributed by atoms with Gasteiger partial charge < -0.3 is 4.98 Å². The Bertz CT molecular complexity index is 1070. The van der Waals surface area contributed by atoms with E-state index in [1.54, 1.807) is 0 Å². The molecule has 0 saturated heterocycles. The average Bonchev–Trinajstić information content (AvgIpc) is 2.95. The third-order valence-electron chi connectivity index (χ3n) is 4.19. The van der Waals surface area contributed by atoms with Gasteiger partial charge in [0.05, 0.1) is 11.0 Å². The molecule has 2 heterocycles. The van der Waals surface area contributed by atoms with Crippen molar-refractivity contribution in [3.8, 4) is 11.3 Å². The maximum atomic E-state index is 12.8. The molecular formula is C20H19N3O. The van der Waals surface area contributed by atoms with Crippen molar-refractivity contribution in [2.45, 2.75) is 20.3 Å². The minimum Gasteiger partial charge on any atom is -0.319 e. The summed E-state index contributed by atoms with van der Waals surface area (Å²) in [5.41, 5.74) is 4.05. The minimum atomic E-state index is -0.102. The molecule has 24 heavy (non-hydrogen) atoms. The van der Waals surface area contributed by atoms with E-state index in [0.717, 1.165) is 34.5 Å². The van der Waals surface area contributed by atoms with Crippen LogP contribution in [0.25, 0.3) is 27.8 Å². The highest BCUT2D eigenvalue weighted by molar-refractivity contribution is 5.85. The van der Waals surface area contributed by atoms with Gasteiger partial charge in [0.1, 0.15) is 17.0 Å². The normalized spacial score (nSPS) is 11.6. The fourth-order valence-corrected chi connectivity index (χ4v) is 3.19. The second-order valence-corrected chi connectivity index (χ2v) is 6.50.